The number of aliphatic hydroxyl groups excluding tert-OH is 1. The smallest absolute Gasteiger partial charge is 0.123 e. The maximum absolute atomic E-state index is 13.9. The van der Waals surface area contributed by atoms with Crippen molar-refractivity contribution < 1.29 is 14.2 Å². The number of fused-ring (bicyclic) bond motifs is 4. The van der Waals surface area contributed by atoms with E-state index >= 15 is 0 Å². The summed E-state index contributed by atoms with van der Waals surface area (Å²) >= 11 is 3.53. The largest absolute Gasteiger partial charge is 0.388 e. The quantitative estimate of drug-likeness (QED) is 0.336. The van der Waals surface area contributed by atoms with Gasteiger partial charge in [0.1, 0.15) is 11.9 Å². The van der Waals surface area contributed by atoms with E-state index in [-0.39, 0.29) is 17.3 Å². The number of aromatic nitrogens is 1. The highest BCUT2D eigenvalue weighted by Crippen LogP contribution is 2.61. The molecule has 42 heavy (non-hydrogen) atoms. The van der Waals surface area contributed by atoms with Gasteiger partial charge in [-0.15, -0.1) is 0 Å². The Morgan fingerprint density at radius 3 is 2.21 bits per heavy atom. The topological polar surface area (TPSA) is 42.4 Å². The Kier molecular flexibility index (Phi) is 11.8. The summed E-state index contributed by atoms with van der Waals surface area (Å²) in [6, 6.07) is 6.80. The molecule has 0 bridgehead atoms. The average Bonchev–Trinajstić information content (AvgIpc) is 3.48. The van der Waals surface area contributed by atoms with Gasteiger partial charge in [-0.1, -0.05) is 87.3 Å². The van der Waals surface area contributed by atoms with Crippen LogP contribution in [0.5, 0.6) is 0 Å². The molecule has 1 saturated carbocycles. The van der Waals surface area contributed by atoms with Crippen LogP contribution < -0.4 is 0 Å². The molecule has 5 rings (SSSR count). The Morgan fingerprint density at radius 2 is 1.71 bits per heavy atom. The molecule has 5 unspecified atom stereocenters. The van der Waals surface area contributed by atoms with Gasteiger partial charge in [0.15, 0.2) is 0 Å². The molecule has 1 fully saturated rings. The molecule has 5 atom stereocenters. The highest BCUT2D eigenvalue weighted by atomic mass is 32.1. The predicted octanol–water partition coefficient (Wildman–Crippen LogP) is 10.6. The number of thiol groups is 1. The number of hydrogen-bond acceptors (Lipinski definition) is 4. The lowest BCUT2D eigenvalue weighted by molar-refractivity contribution is -0.0842. The van der Waals surface area contributed by atoms with Crippen LogP contribution in [-0.2, 0) is 16.8 Å². The van der Waals surface area contributed by atoms with Crippen LogP contribution >= 0.6 is 12.6 Å². The molecule has 1 aromatic heterocycles. The minimum atomic E-state index is -0.527. The molecule has 2 aromatic rings. The standard InChI is InChI=1S/C30H40FNO2.C6H14.CH4S/c1-6-9-19(7-2)27-25-26(24-22(32-27)16-29(4,5)17-23(24)33)30(15-8-10-18(30)3)34-28(25)20-11-13-21(31)14-12-20;1-5-6(2,3)4;1-2/h11-14,18-19,23,28,33H,6-10,15-17H2,1-5H3;5H2,1-4H3;2H,1H3. The highest BCUT2D eigenvalue weighted by Gasteiger charge is 2.55. The second-order valence-electron chi connectivity index (χ2n) is 14.7. The molecule has 1 N–H and O–H groups in total. The number of nitrogens with zero attached hydrogens (tertiary/aromatic N) is 1. The number of halogens is 1. The fraction of sp³-hybridized carbons (Fsp3) is 0.703. The van der Waals surface area contributed by atoms with Gasteiger partial charge in [-0.3, -0.25) is 4.98 Å². The third-order valence-electron chi connectivity index (χ3n) is 9.85. The maximum Gasteiger partial charge on any atom is 0.123 e. The van der Waals surface area contributed by atoms with E-state index in [1.165, 1.54) is 29.7 Å². The van der Waals surface area contributed by atoms with Crippen molar-refractivity contribution in [3.05, 3.63) is 63.7 Å². The first-order chi connectivity index (χ1) is 19.8. The molecule has 3 aliphatic rings. The van der Waals surface area contributed by atoms with Crippen LogP contribution in [0.4, 0.5) is 4.39 Å². The molecule has 236 valence electrons. The third kappa shape index (κ3) is 7.26. The second-order valence-corrected chi connectivity index (χ2v) is 14.7. The van der Waals surface area contributed by atoms with Gasteiger partial charge in [-0.2, -0.15) is 12.6 Å². The Bertz CT molecular complexity index is 1170. The number of benzene rings is 1. The fourth-order valence-electron chi connectivity index (χ4n) is 7.14. The lowest BCUT2D eigenvalue weighted by Crippen LogP contribution is -2.34. The number of aliphatic hydroxyl groups is 1. The zero-order chi connectivity index (χ0) is 31.5. The minimum Gasteiger partial charge on any atom is -0.388 e. The Hall–Kier alpha value is -1.43. The van der Waals surface area contributed by atoms with E-state index in [9.17, 15) is 9.50 Å². The Labute approximate surface area is 261 Å². The van der Waals surface area contributed by atoms with Crippen LogP contribution in [0.1, 0.15) is 165 Å². The van der Waals surface area contributed by atoms with Gasteiger partial charge < -0.3 is 9.84 Å². The van der Waals surface area contributed by atoms with Gasteiger partial charge in [0.05, 0.1) is 17.4 Å². The average molecular weight is 600 g/mol. The van der Waals surface area contributed by atoms with Crippen LogP contribution in [0.3, 0.4) is 0 Å². The molecule has 1 aliphatic heterocycles. The molecular formula is C37H58FNO2S. The second kappa shape index (κ2) is 14.1. The molecule has 0 amide bonds. The van der Waals surface area contributed by atoms with E-state index in [4.69, 9.17) is 9.72 Å². The van der Waals surface area contributed by atoms with Crippen molar-refractivity contribution in [2.45, 2.75) is 144 Å². The Balaban J connectivity index is 0.000000541. The normalized spacial score (nSPS) is 26.5. The minimum absolute atomic E-state index is 0.0155. The lowest BCUT2D eigenvalue weighted by Gasteiger charge is -2.39. The summed E-state index contributed by atoms with van der Waals surface area (Å²) in [6.07, 6.45) is 10.2. The van der Waals surface area contributed by atoms with Gasteiger partial charge in [0, 0.05) is 22.7 Å². The van der Waals surface area contributed by atoms with Crippen molar-refractivity contribution in [1.82, 2.24) is 4.98 Å². The van der Waals surface area contributed by atoms with Gasteiger partial charge >= 0.3 is 0 Å². The summed E-state index contributed by atoms with van der Waals surface area (Å²) < 4.78 is 21.0. The van der Waals surface area contributed by atoms with E-state index in [1.807, 2.05) is 12.1 Å². The molecule has 5 heteroatoms. The monoisotopic (exact) mass is 599 g/mol. The van der Waals surface area contributed by atoms with E-state index in [0.717, 1.165) is 73.9 Å². The number of ether oxygens (including phenoxy) is 1. The molecule has 2 heterocycles. The maximum atomic E-state index is 13.9. The summed E-state index contributed by atoms with van der Waals surface area (Å²) in [5.74, 6) is 0.485. The molecule has 0 radical (unpaired) electrons. The number of hydrogen-bond donors (Lipinski definition) is 2. The van der Waals surface area contributed by atoms with Crippen LogP contribution in [0, 0.1) is 22.6 Å². The van der Waals surface area contributed by atoms with Gasteiger partial charge in [-0.25, -0.2) is 4.39 Å². The van der Waals surface area contributed by atoms with Gasteiger partial charge in [0.2, 0.25) is 0 Å². The van der Waals surface area contributed by atoms with E-state index in [1.54, 1.807) is 6.26 Å². The SMILES string of the molecule is CCC(C)(C)C.CCCC(CC)c1nc2c(c3c1C(c1ccc(F)cc1)OC31CCCC1C)C(O)CC(C)(C)C2.CS. The summed E-state index contributed by atoms with van der Waals surface area (Å²) in [6.45, 7) is 20.2. The van der Waals surface area contributed by atoms with E-state index in [0.29, 0.717) is 17.3 Å². The van der Waals surface area contributed by atoms with Crippen molar-refractivity contribution in [2.75, 3.05) is 6.26 Å². The molecule has 0 saturated heterocycles. The van der Waals surface area contributed by atoms with Crippen molar-refractivity contribution in [3.8, 4) is 0 Å². The molecular weight excluding hydrogens is 541 g/mol. The highest BCUT2D eigenvalue weighted by molar-refractivity contribution is 7.79. The summed E-state index contributed by atoms with van der Waals surface area (Å²) in [4.78, 5) is 5.38. The lowest BCUT2D eigenvalue weighted by atomic mass is 9.69. The summed E-state index contributed by atoms with van der Waals surface area (Å²) in [7, 11) is 0. The molecule has 2 aliphatic carbocycles. The Morgan fingerprint density at radius 1 is 1.10 bits per heavy atom. The molecule has 1 aromatic carbocycles. The van der Waals surface area contributed by atoms with E-state index < -0.39 is 11.7 Å². The number of rotatable bonds is 5. The van der Waals surface area contributed by atoms with Crippen molar-refractivity contribution in [3.63, 3.8) is 0 Å². The molecule has 1 spiro atoms. The summed E-state index contributed by atoms with van der Waals surface area (Å²) in [5.41, 5.74) is 6.84. The van der Waals surface area contributed by atoms with Gasteiger partial charge in [-0.05, 0) is 91.2 Å². The first-order valence-corrected chi connectivity index (χ1v) is 17.3. The van der Waals surface area contributed by atoms with Crippen molar-refractivity contribution in [1.29, 1.82) is 0 Å². The van der Waals surface area contributed by atoms with Gasteiger partial charge in [0.25, 0.3) is 0 Å². The van der Waals surface area contributed by atoms with Crippen LogP contribution in [0.15, 0.2) is 24.3 Å². The first kappa shape index (κ1) is 35.1. The third-order valence-corrected chi connectivity index (χ3v) is 9.85. The zero-order valence-electron chi connectivity index (χ0n) is 28.1. The molecule has 3 nitrogen and oxygen atoms in total. The van der Waals surface area contributed by atoms with Crippen LogP contribution in [0.2, 0.25) is 0 Å². The van der Waals surface area contributed by atoms with Crippen LogP contribution in [0.25, 0.3) is 0 Å². The number of pyridine rings is 1. The summed E-state index contributed by atoms with van der Waals surface area (Å²) in [5, 5.41) is 11.5. The fourth-order valence-corrected chi connectivity index (χ4v) is 7.14. The van der Waals surface area contributed by atoms with Crippen molar-refractivity contribution >= 4 is 12.6 Å². The zero-order valence-corrected chi connectivity index (χ0v) is 29.0. The van der Waals surface area contributed by atoms with Crippen molar-refractivity contribution in [2.24, 2.45) is 16.7 Å². The van der Waals surface area contributed by atoms with Crippen LogP contribution in [-0.4, -0.2) is 16.3 Å². The first-order valence-electron chi connectivity index (χ1n) is 16.4. The predicted molar refractivity (Wildman–Crippen MR) is 178 cm³/mol. The van der Waals surface area contributed by atoms with E-state index in [2.05, 4.69) is 74.9 Å².